The minimum atomic E-state index is -2.38. The van der Waals surface area contributed by atoms with Gasteiger partial charge in [-0.2, -0.15) is 0 Å². The molecule has 1 aromatic carbocycles. The van der Waals surface area contributed by atoms with Gasteiger partial charge in [0.25, 0.3) is 6.43 Å². The van der Waals surface area contributed by atoms with Crippen molar-refractivity contribution in [3.63, 3.8) is 0 Å². The highest BCUT2D eigenvalue weighted by Crippen LogP contribution is 2.22. The zero-order valence-corrected chi connectivity index (χ0v) is 9.30. The van der Waals surface area contributed by atoms with E-state index in [2.05, 4.69) is 20.8 Å². The van der Waals surface area contributed by atoms with Gasteiger partial charge in [-0.3, -0.25) is 0 Å². The summed E-state index contributed by atoms with van der Waals surface area (Å²) in [7, 11) is 0. The van der Waals surface area contributed by atoms with Crippen LogP contribution in [0.1, 0.15) is 31.9 Å². The lowest BCUT2D eigenvalue weighted by Crippen LogP contribution is -2.10. The standard InChI is InChI=1S/C13H16F2/c1-13(2,3)11-7-4-10(5-8-11)6-9-12(14)15/h4-9,12H,1-3H3. The largest absolute Gasteiger partial charge is 0.257 e. The molecule has 0 spiro atoms. The maximum atomic E-state index is 11.9. The summed E-state index contributed by atoms with van der Waals surface area (Å²) in [5.41, 5.74) is 2.12. The molecule has 2 heteroatoms. The molecule has 0 N–H and O–H groups in total. The normalized spacial score (nSPS) is 12.7. The molecule has 0 saturated carbocycles. The molecule has 0 aliphatic carbocycles. The Morgan fingerprint density at radius 1 is 1.07 bits per heavy atom. The number of benzene rings is 1. The van der Waals surface area contributed by atoms with Gasteiger partial charge in [-0.25, -0.2) is 8.78 Å². The van der Waals surface area contributed by atoms with Gasteiger partial charge in [0, 0.05) is 0 Å². The van der Waals surface area contributed by atoms with Crippen LogP contribution in [-0.2, 0) is 5.41 Å². The topological polar surface area (TPSA) is 0 Å². The average molecular weight is 210 g/mol. The van der Waals surface area contributed by atoms with E-state index in [1.54, 1.807) is 0 Å². The van der Waals surface area contributed by atoms with Gasteiger partial charge in [-0.05, 0) is 22.6 Å². The second-order valence-electron chi connectivity index (χ2n) is 4.57. The SMILES string of the molecule is CC(C)(C)c1ccc(C=CC(F)F)cc1. The smallest absolute Gasteiger partial charge is 0.206 e. The maximum Gasteiger partial charge on any atom is 0.257 e. The Bertz CT molecular complexity index is 329. The molecule has 0 aliphatic rings. The van der Waals surface area contributed by atoms with E-state index in [0.717, 1.165) is 11.6 Å². The quantitative estimate of drug-likeness (QED) is 0.684. The van der Waals surface area contributed by atoms with Gasteiger partial charge in [0.05, 0.1) is 0 Å². The fourth-order valence-electron chi connectivity index (χ4n) is 1.28. The van der Waals surface area contributed by atoms with Crippen LogP contribution in [0, 0.1) is 0 Å². The molecule has 1 aromatic rings. The van der Waals surface area contributed by atoms with Crippen LogP contribution < -0.4 is 0 Å². The van der Waals surface area contributed by atoms with E-state index in [-0.39, 0.29) is 5.41 Å². The van der Waals surface area contributed by atoms with Crippen molar-refractivity contribution in [3.05, 3.63) is 41.5 Å². The Hall–Kier alpha value is -1.18. The Morgan fingerprint density at radius 3 is 2.00 bits per heavy atom. The molecule has 0 atom stereocenters. The first-order valence-corrected chi connectivity index (χ1v) is 4.96. The van der Waals surface area contributed by atoms with E-state index in [0.29, 0.717) is 0 Å². The van der Waals surface area contributed by atoms with Crippen LogP contribution in [0.4, 0.5) is 8.78 Å². The third-order valence-corrected chi connectivity index (χ3v) is 2.21. The summed E-state index contributed by atoms with van der Waals surface area (Å²) in [4.78, 5) is 0. The van der Waals surface area contributed by atoms with Crippen molar-refractivity contribution in [2.45, 2.75) is 32.6 Å². The first kappa shape index (κ1) is 11.9. The number of alkyl halides is 2. The highest BCUT2D eigenvalue weighted by atomic mass is 19.3. The predicted molar refractivity (Wildman–Crippen MR) is 60.2 cm³/mol. The Kier molecular flexibility index (Phi) is 3.61. The van der Waals surface area contributed by atoms with E-state index >= 15 is 0 Å². The average Bonchev–Trinajstić information content (AvgIpc) is 2.14. The number of allylic oxidation sites excluding steroid dienone is 1. The molecule has 82 valence electrons. The molecule has 0 radical (unpaired) electrons. The lowest BCUT2D eigenvalue weighted by molar-refractivity contribution is 0.205. The van der Waals surface area contributed by atoms with Crippen molar-refractivity contribution in [1.29, 1.82) is 0 Å². The van der Waals surface area contributed by atoms with Gasteiger partial charge in [0.15, 0.2) is 0 Å². The minimum absolute atomic E-state index is 0.102. The van der Waals surface area contributed by atoms with Crippen LogP contribution in [0.25, 0.3) is 6.08 Å². The lowest BCUT2D eigenvalue weighted by Gasteiger charge is -2.18. The molecule has 0 aromatic heterocycles. The van der Waals surface area contributed by atoms with Crippen LogP contribution in [0.15, 0.2) is 30.3 Å². The molecule has 1 rings (SSSR count). The first-order chi connectivity index (χ1) is 6.89. The summed E-state index contributed by atoms with van der Waals surface area (Å²) >= 11 is 0. The summed E-state index contributed by atoms with van der Waals surface area (Å²) in [6.07, 6.45) is -0.0456. The molecular weight excluding hydrogens is 194 g/mol. The Morgan fingerprint density at radius 2 is 1.60 bits per heavy atom. The predicted octanol–water partition coefficient (Wildman–Crippen LogP) is 4.26. The van der Waals surface area contributed by atoms with Crippen molar-refractivity contribution in [2.24, 2.45) is 0 Å². The van der Waals surface area contributed by atoms with E-state index < -0.39 is 6.43 Å². The van der Waals surface area contributed by atoms with Crippen molar-refractivity contribution < 1.29 is 8.78 Å². The van der Waals surface area contributed by atoms with Gasteiger partial charge in [-0.15, -0.1) is 0 Å². The molecule has 15 heavy (non-hydrogen) atoms. The monoisotopic (exact) mass is 210 g/mol. The van der Waals surface area contributed by atoms with E-state index in [4.69, 9.17) is 0 Å². The number of hydrogen-bond donors (Lipinski definition) is 0. The molecule has 0 bridgehead atoms. The second kappa shape index (κ2) is 4.56. The highest BCUT2D eigenvalue weighted by Gasteiger charge is 2.12. The third kappa shape index (κ3) is 3.82. The van der Waals surface area contributed by atoms with Crippen LogP contribution in [0.5, 0.6) is 0 Å². The fourth-order valence-corrected chi connectivity index (χ4v) is 1.28. The fraction of sp³-hybridized carbons (Fsp3) is 0.385. The van der Waals surface area contributed by atoms with Gasteiger partial charge in [0.1, 0.15) is 0 Å². The number of hydrogen-bond acceptors (Lipinski definition) is 0. The summed E-state index contributed by atoms with van der Waals surface area (Å²) < 4.78 is 23.8. The third-order valence-electron chi connectivity index (χ3n) is 2.21. The highest BCUT2D eigenvalue weighted by molar-refractivity contribution is 5.50. The van der Waals surface area contributed by atoms with Gasteiger partial charge in [0.2, 0.25) is 0 Å². The van der Waals surface area contributed by atoms with Crippen LogP contribution in [-0.4, -0.2) is 6.43 Å². The van der Waals surface area contributed by atoms with Gasteiger partial charge in [-0.1, -0.05) is 51.1 Å². The van der Waals surface area contributed by atoms with E-state index in [1.807, 2.05) is 24.3 Å². The molecule has 0 unspecified atom stereocenters. The van der Waals surface area contributed by atoms with Gasteiger partial charge >= 0.3 is 0 Å². The van der Waals surface area contributed by atoms with Crippen molar-refractivity contribution in [2.75, 3.05) is 0 Å². The summed E-state index contributed by atoms with van der Waals surface area (Å²) in [5, 5.41) is 0. The van der Waals surface area contributed by atoms with Crippen LogP contribution in [0.3, 0.4) is 0 Å². The molecule has 0 nitrogen and oxygen atoms in total. The molecule has 0 amide bonds. The van der Waals surface area contributed by atoms with Crippen molar-refractivity contribution in [1.82, 2.24) is 0 Å². The molecule has 0 aliphatic heterocycles. The van der Waals surface area contributed by atoms with Crippen LogP contribution in [0.2, 0.25) is 0 Å². The molecular formula is C13H16F2. The summed E-state index contributed by atoms with van der Waals surface area (Å²) in [6, 6.07) is 7.68. The van der Waals surface area contributed by atoms with Crippen LogP contribution >= 0.6 is 0 Å². The number of halogens is 2. The maximum absolute atomic E-state index is 11.9. The van der Waals surface area contributed by atoms with E-state index in [1.165, 1.54) is 11.6 Å². The lowest BCUT2D eigenvalue weighted by atomic mass is 9.87. The van der Waals surface area contributed by atoms with Crippen molar-refractivity contribution >= 4 is 6.08 Å². The molecule has 0 fully saturated rings. The molecule has 0 saturated heterocycles. The summed E-state index contributed by atoms with van der Waals surface area (Å²) in [5.74, 6) is 0. The first-order valence-electron chi connectivity index (χ1n) is 4.96. The Balaban J connectivity index is 2.82. The second-order valence-corrected chi connectivity index (χ2v) is 4.57. The molecule has 0 heterocycles. The zero-order valence-electron chi connectivity index (χ0n) is 9.30. The Labute approximate surface area is 89.6 Å². The minimum Gasteiger partial charge on any atom is -0.206 e. The summed E-state index contributed by atoms with van der Waals surface area (Å²) in [6.45, 7) is 6.37. The van der Waals surface area contributed by atoms with E-state index in [9.17, 15) is 8.78 Å². The van der Waals surface area contributed by atoms with Gasteiger partial charge < -0.3 is 0 Å². The number of rotatable bonds is 2. The zero-order chi connectivity index (χ0) is 11.5. The van der Waals surface area contributed by atoms with Crippen molar-refractivity contribution in [3.8, 4) is 0 Å².